The van der Waals surface area contributed by atoms with E-state index in [1.165, 1.54) is 25.7 Å². The van der Waals surface area contributed by atoms with Crippen LogP contribution < -0.4 is 11.3 Å². The Balaban J connectivity index is 2.15. The Labute approximate surface area is 114 Å². The van der Waals surface area contributed by atoms with E-state index >= 15 is 0 Å². The molecule has 1 saturated carbocycles. The molecule has 1 aliphatic carbocycles. The first-order valence-electron chi connectivity index (χ1n) is 6.58. The van der Waals surface area contributed by atoms with Crippen molar-refractivity contribution < 1.29 is 0 Å². The van der Waals surface area contributed by atoms with Gasteiger partial charge in [0.25, 0.3) is 0 Å². The lowest BCUT2D eigenvalue weighted by atomic mass is 9.71. The molecule has 1 atom stereocenters. The van der Waals surface area contributed by atoms with Gasteiger partial charge in [-0.1, -0.05) is 25.4 Å². The quantitative estimate of drug-likeness (QED) is 0.656. The lowest BCUT2D eigenvalue weighted by Gasteiger charge is -2.37. The van der Waals surface area contributed by atoms with Crippen molar-refractivity contribution >= 4 is 11.6 Å². The average Bonchev–Trinajstić information content (AvgIpc) is 2.64. The fourth-order valence-corrected chi connectivity index (χ4v) is 3.25. The highest BCUT2D eigenvalue weighted by atomic mass is 35.5. The first-order valence-corrected chi connectivity index (χ1v) is 6.96. The van der Waals surface area contributed by atoms with E-state index in [1.54, 1.807) is 6.20 Å². The van der Waals surface area contributed by atoms with Crippen LogP contribution in [-0.4, -0.2) is 9.78 Å². The number of halogens is 1. The van der Waals surface area contributed by atoms with E-state index in [1.807, 2.05) is 11.7 Å². The molecule has 1 aromatic heterocycles. The summed E-state index contributed by atoms with van der Waals surface area (Å²) in [6, 6.07) is 0.0982. The summed E-state index contributed by atoms with van der Waals surface area (Å²) in [5.74, 6) is 6.29. The molecule has 1 fully saturated rings. The Kier molecular flexibility index (Phi) is 3.99. The van der Waals surface area contributed by atoms with Crippen LogP contribution in [0.4, 0.5) is 0 Å². The van der Waals surface area contributed by atoms with Gasteiger partial charge in [-0.2, -0.15) is 5.10 Å². The Morgan fingerprint density at radius 2 is 2.11 bits per heavy atom. The zero-order valence-corrected chi connectivity index (χ0v) is 12.2. The van der Waals surface area contributed by atoms with Gasteiger partial charge in [0.2, 0.25) is 0 Å². The maximum absolute atomic E-state index is 6.21. The second-order valence-corrected chi connectivity index (χ2v) is 6.55. The third-order valence-electron chi connectivity index (χ3n) is 4.27. The molecule has 0 radical (unpaired) electrons. The number of aromatic nitrogens is 2. The number of rotatable bonds is 3. The minimum Gasteiger partial charge on any atom is -0.271 e. The van der Waals surface area contributed by atoms with Gasteiger partial charge in [-0.25, -0.2) is 0 Å². The van der Waals surface area contributed by atoms with Gasteiger partial charge in [-0.15, -0.1) is 0 Å². The van der Waals surface area contributed by atoms with Crippen LogP contribution >= 0.6 is 11.6 Å². The van der Waals surface area contributed by atoms with Crippen molar-refractivity contribution in [1.29, 1.82) is 0 Å². The highest BCUT2D eigenvalue weighted by molar-refractivity contribution is 6.31. The van der Waals surface area contributed by atoms with E-state index in [2.05, 4.69) is 24.4 Å². The summed E-state index contributed by atoms with van der Waals surface area (Å²) in [4.78, 5) is 0. The van der Waals surface area contributed by atoms with Gasteiger partial charge in [0, 0.05) is 7.05 Å². The minimum absolute atomic E-state index is 0.0982. The molecule has 5 heteroatoms. The fraction of sp³-hybridized carbons (Fsp3) is 0.769. The number of hydrogen-bond donors (Lipinski definition) is 2. The average molecular weight is 271 g/mol. The number of aryl methyl sites for hydroxylation is 1. The van der Waals surface area contributed by atoms with Crippen LogP contribution in [0, 0.1) is 11.3 Å². The largest absolute Gasteiger partial charge is 0.271 e. The molecule has 2 rings (SSSR count). The van der Waals surface area contributed by atoms with Gasteiger partial charge in [-0.3, -0.25) is 16.0 Å². The van der Waals surface area contributed by atoms with Gasteiger partial charge in [0.15, 0.2) is 0 Å². The molecule has 3 N–H and O–H groups in total. The third kappa shape index (κ3) is 2.71. The van der Waals surface area contributed by atoms with E-state index in [4.69, 9.17) is 17.4 Å². The van der Waals surface area contributed by atoms with E-state index in [0.717, 1.165) is 5.69 Å². The Bertz CT molecular complexity index is 384. The normalized spacial score (nSPS) is 22.1. The predicted molar refractivity (Wildman–Crippen MR) is 74.0 cm³/mol. The lowest BCUT2D eigenvalue weighted by molar-refractivity contribution is 0.158. The molecule has 1 aromatic rings. The van der Waals surface area contributed by atoms with Gasteiger partial charge in [-0.05, 0) is 37.0 Å². The second kappa shape index (κ2) is 5.19. The molecule has 1 heterocycles. The monoisotopic (exact) mass is 270 g/mol. The van der Waals surface area contributed by atoms with E-state index < -0.39 is 0 Å². The summed E-state index contributed by atoms with van der Waals surface area (Å²) in [5.41, 5.74) is 4.41. The standard InChI is InChI=1S/C13H23ClN4/c1-13(2)6-4-9(5-7-13)11(17-15)12-10(14)8-16-18(12)3/h8-9,11,17H,4-7,15H2,1-3H3. The molecular weight excluding hydrogens is 248 g/mol. The molecule has 0 aliphatic heterocycles. The van der Waals surface area contributed by atoms with Crippen molar-refractivity contribution in [3.63, 3.8) is 0 Å². The van der Waals surface area contributed by atoms with Gasteiger partial charge in [0.1, 0.15) is 0 Å². The number of hydrogen-bond acceptors (Lipinski definition) is 3. The predicted octanol–water partition coefficient (Wildman–Crippen LogP) is 2.79. The first-order chi connectivity index (χ1) is 8.44. The van der Waals surface area contributed by atoms with Gasteiger partial charge < -0.3 is 0 Å². The molecule has 0 saturated heterocycles. The summed E-state index contributed by atoms with van der Waals surface area (Å²) < 4.78 is 1.83. The van der Waals surface area contributed by atoms with Crippen molar-refractivity contribution in [1.82, 2.24) is 15.2 Å². The third-order valence-corrected chi connectivity index (χ3v) is 4.56. The Morgan fingerprint density at radius 1 is 1.50 bits per heavy atom. The van der Waals surface area contributed by atoms with Crippen molar-refractivity contribution in [2.75, 3.05) is 0 Å². The molecule has 18 heavy (non-hydrogen) atoms. The highest BCUT2D eigenvalue weighted by Gasteiger charge is 2.33. The molecule has 0 amide bonds. The van der Waals surface area contributed by atoms with Gasteiger partial charge >= 0.3 is 0 Å². The molecule has 102 valence electrons. The molecule has 0 bridgehead atoms. The molecular formula is C13H23ClN4. The number of nitrogens with two attached hydrogens (primary N) is 1. The number of nitrogens with one attached hydrogen (secondary N) is 1. The van der Waals surface area contributed by atoms with Gasteiger partial charge in [0.05, 0.1) is 23.0 Å². The second-order valence-electron chi connectivity index (χ2n) is 6.15. The number of nitrogens with zero attached hydrogens (tertiary/aromatic N) is 2. The van der Waals surface area contributed by atoms with Crippen LogP contribution in [0.5, 0.6) is 0 Å². The van der Waals surface area contributed by atoms with Crippen molar-refractivity contribution in [2.45, 2.75) is 45.6 Å². The van der Waals surface area contributed by atoms with Crippen molar-refractivity contribution in [2.24, 2.45) is 24.2 Å². The summed E-state index contributed by atoms with van der Waals surface area (Å²) in [6.07, 6.45) is 6.54. The summed E-state index contributed by atoms with van der Waals surface area (Å²) in [7, 11) is 1.91. The van der Waals surface area contributed by atoms with Crippen LogP contribution in [-0.2, 0) is 7.05 Å². The summed E-state index contributed by atoms with van der Waals surface area (Å²) >= 11 is 6.21. The van der Waals surface area contributed by atoms with Crippen molar-refractivity contribution in [3.05, 3.63) is 16.9 Å². The highest BCUT2D eigenvalue weighted by Crippen LogP contribution is 2.43. The Hall–Kier alpha value is -0.580. The number of hydrazine groups is 1. The zero-order valence-electron chi connectivity index (χ0n) is 11.4. The molecule has 1 aliphatic rings. The first kappa shape index (κ1) is 13.8. The van der Waals surface area contributed by atoms with E-state index in [9.17, 15) is 0 Å². The molecule has 1 unspecified atom stereocenters. The van der Waals surface area contributed by atoms with Crippen LogP contribution in [0.1, 0.15) is 51.3 Å². The minimum atomic E-state index is 0.0982. The van der Waals surface area contributed by atoms with E-state index in [0.29, 0.717) is 16.4 Å². The summed E-state index contributed by atoms with van der Waals surface area (Å²) in [6.45, 7) is 4.68. The lowest BCUT2D eigenvalue weighted by Crippen LogP contribution is -2.37. The maximum Gasteiger partial charge on any atom is 0.0834 e. The SMILES string of the molecule is Cn1ncc(Cl)c1C(NN)C1CCC(C)(C)CC1. The van der Waals surface area contributed by atoms with Crippen LogP contribution in [0.25, 0.3) is 0 Å². The van der Waals surface area contributed by atoms with E-state index in [-0.39, 0.29) is 6.04 Å². The molecule has 0 spiro atoms. The molecule has 0 aromatic carbocycles. The zero-order chi connectivity index (χ0) is 13.3. The fourth-order valence-electron chi connectivity index (χ4n) is 2.96. The van der Waals surface area contributed by atoms with Crippen LogP contribution in [0.2, 0.25) is 5.02 Å². The Morgan fingerprint density at radius 3 is 2.56 bits per heavy atom. The van der Waals surface area contributed by atoms with Crippen molar-refractivity contribution in [3.8, 4) is 0 Å². The van der Waals surface area contributed by atoms with Crippen LogP contribution in [0.15, 0.2) is 6.20 Å². The van der Waals surface area contributed by atoms with Crippen LogP contribution in [0.3, 0.4) is 0 Å². The smallest absolute Gasteiger partial charge is 0.0834 e. The molecule has 4 nitrogen and oxygen atoms in total. The summed E-state index contributed by atoms with van der Waals surface area (Å²) in [5, 5.41) is 4.90. The maximum atomic E-state index is 6.21. The topological polar surface area (TPSA) is 55.9 Å².